The molecule has 1 aliphatic heterocycles. The van der Waals surface area contributed by atoms with Crippen molar-refractivity contribution in [2.75, 3.05) is 36.0 Å². The molecule has 0 aromatic carbocycles. The van der Waals surface area contributed by atoms with Gasteiger partial charge < -0.3 is 14.9 Å². The molecule has 7 heteroatoms. The second-order valence-electron chi connectivity index (χ2n) is 5.10. The Hall–Kier alpha value is -2.70. The van der Waals surface area contributed by atoms with Crippen LogP contribution in [0.3, 0.4) is 0 Å². The smallest absolute Gasteiger partial charge is 0.354 e. The number of hydrogen-bond acceptors (Lipinski definition) is 6. The first kappa shape index (κ1) is 14.2. The molecule has 1 aliphatic rings. The van der Waals surface area contributed by atoms with Crippen molar-refractivity contribution in [1.82, 2.24) is 15.2 Å². The lowest BCUT2D eigenvalue weighted by Crippen LogP contribution is -2.31. The summed E-state index contributed by atoms with van der Waals surface area (Å²) in [6.45, 7) is 3.31. The van der Waals surface area contributed by atoms with Gasteiger partial charge in [-0.15, -0.1) is 5.10 Å². The molecule has 3 rings (SSSR count). The monoisotopic (exact) mass is 299 g/mol. The van der Waals surface area contributed by atoms with Crippen LogP contribution in [0.5, 0.6) is 0 Å². The number of pyridine rings is 1. The van der Waals surface area contributed by atoms with Crippen molar-refractivity contribution in [1.29, 1.82) is 0 Å². The number of rotatable bonds is 3. The summed E-state index contributed by atoms with van der Waals surface area (Å²) < 4.78 is 0. The summed E-state index contributed by atoms with van der Waals surface area (Å²) in [6.07, 6.45) is 2.62. The molecule has 2 aromatic rings. The fraction of sp³-hybridized carbons (Fsp3) is 0.333. The zero-order valence-electron chi connectivity index (χ0n) is 12.1. The molecule has 0 atom stereocenters. The molecule has 0 spiro atoms. The molecule has 0 unspecified atom stereocenters. The summed E-state index contributed by atoms with van der Waals surface area (Å²) >= 11 is 0. The van der Waals surface area contributed by atoms with E-state index in [1.54, 1.807) is 12.3 Å². The highest BCUT2D eigenvalue weighted by molar-refractivity contribution is 5.85. The van der Waals surface area contributed by atoms with E-state index < -0.39 is 5.97 Å². The van der Waals surface area contributed by atoms with Crippen molar-refractivity contribution in [2.24, 2.45) is 0 Å². The summed E-state index contributed by atoms with van der Waals surface area (Å²) in [5.74, 6) is 0.579. The van der Waals surface area contributed by atoms with Crippen LogP contribution in [0.2, 0.25) is 0 Å². The number of aromatic carboxylic acids is 1. The van der Waals surface area contributed by atoms with Crippen LogP contribution in [-0.2, 0) is 0 Å². The predicted octanol–water partition coefficient (Wildman–Crippen LogP) is 1.29. The third-order valence-corrected chi connectivity index (χ3v) is 3.66. The van der Waals surface area contributed by atoms with Crippen LogP contribution in [0, 0.1) is 0 Å². The highest BCUT2D eigenvalue weighted by Crippen LogP contribution is 2.17. The maximum absolute atomic E-state index is 11.0. The number of carbonyl (C=O) groups is 1. The van der Waals surface area contributed by atoms with Gasteiger partial charge in [-0.05, 0) is 30.7 Å². The largest absolute Gasteiger partial charge is 0.477 e. The SMILES string of the molecule is O=C(O)c1cccc(N2CCCN(c3cccnn3)CC2)n1. The summed E-state index contributed by atoms with van der Waals surface area (Å²) in [6, 6.07) is 8.92. The molecule has 1 N–H and O–H groups in total. The normalized spacial score (nSPS) is 15.5. The molecule has 1 fully saturated rings. The number of carboxylic acids is 1. The minimum atomic E-state index is -1.00. The molecule has 0 radical (unpaired) electrons. The van der Waals surface area contributed by atoms with Gasteiger partial charge in [0.1, 0.15) is 5.82 Å². The molecule has 22 heavy (non-hydrogen) atoms. The van der Waals surface area contributed by atoms with Crippen LogP contribution in [0.15, 0.2) is 36.5 Å². The Balaban J connectivity index is 1.73. The number of anilines is 2. The van der Waals surface area contributed by atoms with Crippen molar-refractivity contribution >= 4 is 17.6 Å². The first-order chi connectivity index (χ1) is 10.7. The van der Waals surface area contributed by atoms with Crippen LogP contribution in [0.25, 0.3) is 0 Å². The van der Waals surface area contributed by atoms with Crippen molar-refractivity contribution < 1.29 is 9.90 Å². The van der Waals surface area contributed by atoms with Crippen molar-refractivity contribution in [2.45, 2.75) is 6.42 Å². The average Bonchev–Trinajstić information content (AvgIpc) is 2.82. The van der Waals surface area contributed by atoms with Gasteiger partial charge in [0.05, 0.1) is 0 Å². The van der Waals surface area contributed by atoms with E-state index in [0.717, 1.165) is 38.4 Å². The predicted molar refractivity (Wildman–Crippen MR) is 82.3 cm³/mol. The Labute approximate surface area is 128 Å². The Kier molecular flexibility index (Phi) is 4.13. The van der Waals surface area contributed by atoms with E-state index in [0.29, 0.717) is 5.82 Å². The van der Waals surface area contributed by atoms with Gasteiger partial charge in [-0.2, -0.15) is 5.10 Å². The van der Waals surface area contributed by atoms with Gasteiger partial charge in [-0.3, -0.25) is 0 Å². The minimum Gasteiger partial charge on any atom is -0.477 e. The highest BCUT2D eigenvalue weighted by Gasteiger charge is 2.18. The topological polar surface area (TPSA) is 82.5 Å². The van der Waals surface area contributed by atoms with Gasteiger partial charge in [0, 0.05) is 32.4 Å². The van der Waals surface area contributed by atoms with Crippen molar-refractivity contribution in [3.63, 3.8) is 0 Å². The quantitative estimate of drug-likeness (QED) is 0.914. The molecule has 1 saturated heterocycles. The van der Waals surface area contributed by atoms with Crippen LogP contribution >= 0.6 is 0 Å². The maximum Gasteiger partial charge on any atom is 0.354 e. The van der Waals surface area contributed by atoms with Crippen LogP contribution < -0.4 is 9.80 Å². The Bertz CT molecular complexity index is 649. The third kappa shape index (κ3) is 3.13. The lowest BCUT2D eigenvalue weighted by atomic mass is 10.3. The van der Waals surface area contributed by atoms with Crippen molar-refractivity contribution in [3.05, 3.63) is 42.2 Å². The van der Waals surface area contributed by atoms with Crippen LogP contribution in [0.1, 0.15) is 16.9 Å². The van der Waals surface area contributed by atoms with Gasteiger partial charge in [-0.1, -0.05) is 6.07 Å². The number of carboxylic acid groups (broad SMARTS) is 1. The summed E-state index contributed by atoms with van der Waals surface area (Å²) in [5, 5.41) is 17.1. The van der Waals surface area contributed by atoms with E-state index in [9.17, 15) is 4.79 Å². The molecule has 0 amide bonds. The molecule has 114 valence electrons. The van der Waals surface area contributed by atoms with Gasteiger partial charge in [0.2, 0.25) is 0 Å². The van der Waals surface area contributed by atoms with Gasteiger partial charge >= 0.3 is 5.97 Å². The van der Waals surface area contributed by atoms with E-state index in [2.05, 4.69) is 25.0 Å². The standard InChI is InChI=1S/C15H17N5O2/c21-15(22)12-4-1-5-13(17-12)19-8-3-9-20(11-10-19)14-6-2-7-16-18-14/h1-2,4-7H,3,8-11H2,(H,21,22). The molecular weight excluding hydrogens is 282 g/mol. The molecule has 7 nitrogen and oxygen atoms in total. The van der Waals surface area contributed by atoms with Crippen LogP contribution in [-0.4, -0.2) is 52.4 Å². The first-order valence-electron chi connectivity index (χ1n) is 7.22. The lowest BCUT2D eigenvalue weighted by Gasteiger charge is -2.23. The zero-order chi connectivity index (χ0) is 15.4. The van der Waals surface area contributed by atoms with Crippen LogP contribution in [0.4, 0.5) is 11.6 Å². The number of nitrogens with zero attached hydrogens (tertiary/aromatic N) is 5. The molecule has 2 aromatic heterocycles. The molecular formula is C15H17N5O2. The fourth-order valence-electron chi connectivity index (χ4n) is 2.56. The Morgan fingerprint density at radius 2 is 1.73 bits per heavy atom. The number of aromatic nitrogens is 3. The van der Waals surface area contributed by atoms with E-state index in [4.69, 9.17) is 5.11 Å². The van der Waals surface area contributed by atoms with Crippen molar-refractivity contribution in [3.8, 4) is 0 Å². The van der Waals surface area contributed by atoms with E-state index in [1.165, 1.54) is 6.07 Å². The number of hydrogen-bond donors (Lipinski definition) is 1. The third-order valence-electron chi connectivity index (χ3n) is 3.66. The zero-order valence-corrected chi connectivity index (χ0v) is 12.1. The van der Waals surface area contributed by atoms with E-state index in [-0.39, 0.29) is 5.69 Å². The molecule has 0 saturated carbocycles. The summed E-state index contributed by atoms with van der Waals surface area (Å²) in [7, 11) is 0. The fourth-order valence-corrected chi connectivity index (χ4v) is 2.56. The molecule has 0 bridgehead atoms. The summed E-state index contributed by atoms with van der Waals surface area (Å²) in [4.78, 5) is 19.6. The average molecular weight is 299 g/mol. The maximum atomic E-state index is 11.0. The van der Waals surface area contributed by atoms with Gasteiger partial charge in [0.25, 0.3) is 0 Å². The Morgan fingerprint density at radius 1 is 1.00 bits per heavy atom. The Morgan fingerprint density at radius 3 is 2.41 bits per heavy atom. The summed E-state index contributed by atoms with van der Waals surface area (Å²) in [5.41, 5.74) is 0.0764. The van der Waals surface area contributed by atoms with E-state index >= 15 is 0 Å². The minimum absolute atomic E-state index is 0.0764. The second-order valence-corrected chi connectivity index (χ2v) is 5.10. The molecule has 0 aliphatic carbocycles. The lowest BCUT2D eigenvalue weighted by molar-refractivity contribution is 0.0690. The van der Waals surface area contributed by atoms with Gasteiger partial charge in [-0.25, -0.2) is 9.78 Å². The highest BCUT2D eigenvalue weighted by atomic mass is 16.4. The van der Waals surface area contributed by atoms with Gasteiger partial charge in [0.15, 0.2) is 11.5 Å². The second kappa shape index (κ2) is 6.38. The first-order valence-corrected chi connectivity index (χ1v) is 7.22. The van der Waals surface area contributed by atoms with E-state index in [1.807, 2.05) is 18.2 Å². The molecule has 3 heterocycles.